The van der Waals surface area contributed by atoms with Gasteiger partial charge < -0.3 is 4.52 Å². The van der Waals surface area contributed by atoms with Crippen molar-refractivity contribution in [2.75, 3.05) is 0 Å². The van der Waals surface area contributed by atoms with Gasteiger partial charge in [0.05, 0.1) is 0 Å². The molecule has 2 heteroatoms. The van der Waals surface area contributed by atoms with Gasteiger partial charge in [0.2, 0.25) is 0 Å². The topological polar surface area (TPSA) is 18.1 Å². The average Bonchev–Trinajstić information content (AvgIpc) is 2.07. The minimum Gasteiger partial charge on any atom is -0.377 e. The molecule has 0 N–H and O–H groups in total. The molecule has 0 atom stereocenters. The van der Waals surface area contributed by atoms with E-state index in [9.17, 15) is 0 Å². The maximum absolute atomic E-state index is 5.20. The zero-order valence-electron chi connectivity index (χ0n) is 8.09. The van der Waals surface area contributed by atoms with Crippen LogP contribution in [0.4, 0.5) is 0 Å². The van der Waals surface area contributed by atoms with Crippen LogP contribution >= 0.6 is 0 Å². The Morgan fingerprint density at radius 2 is 1.92 bits per heavy atom. The molecule has 2 rings (SSSR count). The summed E-state index contributed by atoms with van der Waals surface area (Å²) in [5.74, 6) is 0. The van der Waals surface area contributed by atoms with Crippen molar-refractivity contribution >= 4 is 11.1 Å². The molecular weight excluding hydrogens is 150 g/mol. The number of aryl methyl sites for hydroxylation is 2. The van der Waals surface area contributed by atoms with E-state index in [1.807, 2.05) is 27.0 Å². The molecule has 0 aliphatic rings. The molecule has 0 fully saturated rings. The van der Waals surface area contributed by atoms with E-state index in [1.54, 1.807) is 4.74 Å². The molecule has 2 nitrogen and oxygen atoms in total. The van der Waals surface area contributed by atoms with E-state index in [4.69, 9.17) is 4.52 Å². The Kier molecular flexibility index (Phi) is 2.58. The lowest BCUT2D eigenvalue weighted by atomic mass is 10.2. The molecule has 2 aromatic rings. The van der Waals surface area contributed by atoms with E-state index in [2.05, 4.69) is 19.1 Å². The largest absolute Gasteiger partial charge is 0.377 e. The molecule has 0 unspecified atom stereocenters. The molecule has 0 saturated heterocycles. The minimum absolute atomic E-state index is 0.988. The third-order valence-corrected chi connectivity index (χ3v) is 1.69. The summed E-state index contributed by atoms with van der Waals surface area (Å²) in [7, 11) is 1.90. The Morgan fingerprint density at radius 1 is 1.25 bits per heavy atom. The number of hydrogen-bond donors (Lipinski definition) is 0. The highest BCUT2D eigenvalue weighted by atomic mass is 16.5. The van der Waals surface area contributed by atoms with Gasteiger partial charge in [0.25, 0.3) is 0 Å². The number of nitrogens with zero attached hydrogens (tertiary/aromatic N) is 1. The van der Waals surface area contributed by atoms with Crippen LogP contribution in [0.1, 0.15) is 19.4 Å². The van der Waals surface area contributed by atoms with Crippen LogP contribution in [0, 0.1) is 6.92 Å². The van der Waals surface area contributed by atoms with Crippen molar-refractivity contribution in [3.63, 3.8) is 0 Å². The van der Waals surface area contributed by atoms with E-state index < -0.39 is 0 Å². The van der Waals surface area contributed by atoms with Gasteiger partial charge in [-0.2, -0.15) is 0 Å². The molecule has 0 spiro atoms. The molecule has 1 aromatic carbocycles. The molecule has 0 saturated carbocycles. The highest BCUT2D eigenvalue weighted by Crippen LogP contribution is 2.17. The predicted molar refractivity (Wildman–Crippen MR) is 51.3 cm³/mol. The normalized spacial score (nSPS) is 9.67. The second-order valence-electron chi connectivity index (χ2n) is 2.56. The third kappa shape index (κ3) is 1.37. The Morgan fingerprint density at radius 3 is 2.42 bits per heavy atom. The third-order valence-electron chi connectivity index (χ3n) is 1.69. The SMILES string of the molecule is CC.Cc1ccc2c(c1)on2C. The molecule has 1 aromatic heterocycles. The van der Waals surface area contributed by atoms with Crippen LogP contribution in [-0.2, 0) is 7.05 Å². The molecular formula is C10H15NO. The monoisotopic (exact) mass is 165 g/mol. The molecule has 66 valence electrons. The Labute approximate surface area is 72.7 Å². The van der Waals surface area contributed by atoms with Crippen LogP contribution in [0.15, 0.2) is 22.7 Å². The highest BCUT2D eigenvalue weighted by molar-refractivity contribution is 5.74. The molecule has 0 bridgehead atoms. The van der Waals surface area contributed by atoms with Crippen LogP contribution in [-0.4, -0.2) is 4.74 Å². The first kappa shape index (κ1) is 8.91. The van der Waals surface area contributed by atoms with E-state index in [-0.39, 0.29) is 0 Å². The second-order valence-corrected chi connectivity index (χ2v) is 2.56. The zero-order chi connectivity index (χ0) is 9.14. The maximum Gasteiger partial charge on any atom is 0.182 e. The van der Waals surface area contributed by atoms with Crippen molar-refractivity contribution in [2.24, 2.45) is 7.05 Å². The summed E-state index contributed by atoms with van der Waals surface area (Å²) in [6.45, 7) is 6.06. The van der Waals surface area contributed by atoms with Gasteiger partial charge in [0.15, 0.2) is 5.58 Å². The van der Waals surface area contributed by atoms with Gasteiger partial charge in [-0.05, 0) is 24.6 Å². The Bertz CT molecular complexity index is 353. The smallest absolute Gasteiger partial charge is 0.182 e. The number of hydrogen-bond acceptors (Lipinski definition) is 1. The molecule has 0 aliphatic heterocycles. The number of benzene rings is 1. The first-order valence-corrected chi connectivity index (χ1v) is 4.30. The van der Waals surface area contributed by atoms with Crippen LogP contribution in [0.5, 0.6) is 0 Å². The molecule has 0 aliphatic carbocycles. The van der Waals surface area contributed by atoms with Crippen molar-refractivity contribution in [1.29, 1.82) is 0 Å². The van der Waals surface area contributed by atoms with Crippen molar-refractivity contribution in [3.8, 4) is 0 Å². The van der Waals surface area contributed by atoms with Crippen molar-refractivity contribution in [3.05, 3.63) is 23.8 Å². The quantitative estimate of drug-likeness (QED) is 0.586. The lowest BCUT2D eigenvalue weighted by Gasteiger charge is -2.08. The predicted octanol–water partition coefficient (Wildman–Crippen LogP) is 3.11. The number of fused-ring (bicyclic) bond motifs is 1. The van der Waals surface area contributed by atoms with Crippen LogP contribution in [0.25, 0.3) is 11.1 Å². The van der Waals surface area contributed by atoms with Gasteiger partial charge in [-0.1, -0.05) is 19.9 Å². The fraction of sp³-hybridized carbons (Fsp3) is 0.400. The van der Waals surface area contributed by atoms with E-state index in [0.29, 0.717) is 0 Å². The van der Waals surface area contributed by atoms with Gasteiger partial charge in [-0.25, -0.2) is 4.74 Å². The molecule has 0 radical (unpaired) electrons. The Balaban J connectivity index is 0.000000336. The van der Waals surface area contributed by atoms with Gasteiger partial charge >= 0.3 is 0 Å². The maximum atomic E-state index is 5.20. The summed E-state index contributed by atoms with van der Waals surface area (Å²) in [6, 6.07) is 6.18. The average molecular weight is 165 g/mol. The molecule has 1 heterocycles. The summed E-state index contributed by atoms with van der Waals surface area (Å²) in [4.78, 5) is 0. The van der Waals surface area contributed by atoms with Crippen molar-refractivity contribution in [2.45, 2.75) is 20.8 Å². The fourth-order valence-corrected chi connectivity index (χ4v) is 1.11. The summed E-state index contributed by atoms with van der Waals surface area (Å²) >= 11 is 0. The fourth-order valence-electron chi connectivity index (χ4n) is 1.11. The Hall–Kier alpha value is -1.18. The first-order chi connectivity index (χ1) is 5.77. The van der Waals surface area contributed by atoms with Gasteiger partial charge in [0.1, 0.15) is 5.52 Å². The van der Waals surface area contributed by atoms with Crippen LogP contribution in [0.2, 0.25) is 0 Å². The minimum atomic E-state index is 0.988. The first-order valence-electron chi connectivity index (χ1n) is 4.30. The van der Waals surface area contributed by atoms with Gasteiger partial charge in [-0.3, -0.25) is 0 Å². The van der Waals surface area contributed by atoms with Crippen LogP contribution in [0.3, 0.4) is 0 Å². The van der Waals surface area contributed by atoms with E-state index in [1.165, 1.54) is 11.1 Å². The lowest BCUT2D eigenvalue weighted by Crippen LogP contribution is -1.96. The highest BCUT2D eigenvalue weighted by Gasteiger charge is 2.02. The summed E-state index contributed by atoms with van der Waals surface area (Å²) in [5.41, 5.74) is 3.40. The number of aromatic nitrogens is 1. The van der Waals surface area contributed by atoms with Gasteiger partial charge in [-0.15, -0.1) is 0 Å². The molecule has 0 amide bonds. The number of rotatable bonds is 0. The van der Waals surface area contributed by atoms with Gasteiger partial charge in [0, 0.05) is 7.05 Å². The standard InChI is InChI=1S/C8H9NO.C2H6/c1-6-3-4-7-8(5-6)10-9(7)2;1-2/h3-5H,1-2H3;1-2H3. The van der Waals surface area contributed by atoms with Crippen molar-refractivity contribution in [1.82, 2.24) is 4.74 Å². The summed E-state index contributed by atoms with van der Waals surface area (Å²) in [6.07, 6.45) is 0. The van der Waals surface area contributed by atoms with Crippen LogP contribution < -0.4 is 0 Å². The zero-order valence-corrected chi connectivity index (χ0v) is 8.09. The van der Waals surface area contributed by atoms with E-state index in [0.717, 1.165) is 5.58 Å². The van der Waals surface area contributed by atoms with E-state index >= 15 is 0 Å². The van der Waals surface area contributed by atoms with Crippen molar-refractivity contribution < 1.29 is 4.52 Å². The summed E-state index contributed by atoms with van der Waals surface area (Å²) < 4.78 is 6.96. The second kappa shape index (κ2) is 3.48. The summed E-state index contributed by atoms with van der Waals surface area (Å²) in [5, 5.41) is 0. The lowest BCUT2D eigenvalue weighted by molar-refractivity contribution is 0.305. The molecule has 12 heavy (non-hydrogen) atoms.